The van der Waals surface area contributed by atoms with Crippen LogP contribution in [0.25, 0.3) is 0 Å². The Labute approximate surface area is 117 Å². The number of allylic oxidation sites excluding steroid dienone is 2. The lowest BCUT2D eigenvalue weighted by molar-refractivity contribution is -0.110. The molecule has 1 heterocycles. The van der Waals surface area contributed by atoms with Crippen LogP contribution in [-0.4, -0.2) is 26.3 Å². The summed E-state index contributed by atoms with van der Waals surface area (Å²) in [5.74, 6) is 1.12. The summed E-state index contributed by atoms with van der Waals surface area (Å²) < 4.78 is 9.44. The van der Waals surface area contributed by atoms with Gasteiger partial charge >= 0.3 is 0 Å². The molecule has 1 aliphatic carbocycles. The average molecular weight is 268 g/mol. The fraction of sp³-hybridized carbons (Fsp3) is 0.812. The van der Waals surface area contributed by atoms with Crippen molar-refractivity contribution in [2.45, 2.75) is 52.4 Å². The van der Waals surface area contributed by atoms with Crippen molar-refractivity contribution < 1.29 is 14.3 Å². The Morgan fingerprint density at radius 2 is 2.16 bits per heavy atom. The number of hydrogen-bond acceptors (Lipinski definition) is 3. The van der Waals surface area contributed by atoms with Gasteiger partial charge in [-0.05, 0) is 31.6 Å². The SMILES string of the molecule is C1COCO1.CCCC1CC=C(CC(C)C=O)CC1. The van der Waals surface area contributed by atoms with Crippen molar-refractivity contribution in [1.29, 1.82) is 0 Å². The number of rotatable bonds is 5. The highest BCUT2D eigenvalue weighted by atomic mass is 16.7. The zero-order valence-electron chi connectivity index (χ0n) is 12.4. The third kappa shape index (κ3) is 7.48. The number of hydrogen-bond donors (Lipinski definition) is 0. The molecule has 0 aromatic carbocycles. The standard InChI is InChI=1S/C13H22O.C3H6O2/c1-3-4-12-5-7-13(8-6-12)9-11(2)10-14;1-2-5-3-4-1/h7,10-12H,3-6,8-9H2,1-2H3;1-3H2. The van der Waals surface area contributed by atoms with E-state index in [4.69, 9.17) is 9.47 Å². The van der Waals surface area contributed by atoms with Crippen molar-refractivity contribution in [2.75, 3.05) is 20.0 Å². The zero-order chi connectivity index (χ0) is 13.9. The van der Waals surface area contributed by atoms with Gasteiger partial charge < -0.3 is 14.3 Å². The van der Waals surface area contributed by atoms with E-state index >= 15 is 0 Å². The van der Waals surface area contributed by atoms with Gasteiger partial charge in [-0.15, -0.1) is 0 Å². The second-order valence-corrected chi connectivity index (χ2v) is 5.54. The number of carbonyl (C=O) groups excluding carboxylic acids is 1. The quantitative estimate of drug-likeness (QED) is 0.563. The molecule has 2 atom stereocenters. The highest BCUT2D eigenvalue weighted by Crippen LogP contribution is 2.29. The lowest BCUT2D eigenvalue weighted by atomic mass is 9.84. The topological polar surface area (TPSA) is 35.5 Å². The van der Waals surface area contributed by atoms with Gasteiger partial charge in [0.15, 0.2) is 0 Å². The second-order valence-electron chi connectivity index (χ2n) is 5.54. The normalized spacial score (nSPS) is 24.1. The van der Waals surface area contributed by atoms with Crippen LogP contribution in [0.5, 0.6) is 0 Å². The molecule has 2 rings (SSSR count). The molecule has 0 radical (unpaired) electrons. The molecular weight excluding hydrogens is 240 g/mol. The van der Waals surface area contributed by atoms with E-state index in [1.165, 1.54) is 37.7 Å². The summed E-state index contributed by atoms with van der Waals surface area (Å²) in [6, 6.07) is 0. The van der Waals surface area contributed by atoms with Crippen LogP contribution < -0.4 is 0 Å². The molecule has 0 N–H and O–H groups in total. The van der Waals surface area contributed by atoms with Crippen LogP contribution in [0.3, 0.4) is 0 Å². The van der Waals surface area contributed by atoms with Gasteiger partial charge in [0, 0.05) is 5.92 Å². The molecule has 110 valence electrons. The third-order valence-electron chi connectivity index (χ3n) is 3.67. The lowest BCUT2D eigenvalue weighted by Crippen LogP contribution is -2.07. The molecular formula is C16H28O3. The Morgan fingerprint density at radius 1 is 1.42 bits per heavy atom. The van der Waals surface area contributed by atoms with Crippen LogP contribution in [-0.2, 0) is 14.3 Å². The predicted octanol–water partition coefficient (Wildman–Crippen LogP) is 3.73. The van der Waals surface area contributed by atoms with Gasteiger partial charge in [0.2, 0.25) is 0 Å². The molecule has 0 aromatic rings. The highest BCUT2D eigenvalue weighted by molar-refractivity contribution is 5.53. The van der Waals surface area contributed by atoms with Crippen LogP contribution in [0.15, 0.2) is 11.6 Å². The summed E-state index contributed by atoms with van der Waals surface area (Å²) in [5.41, 5.74) is 1.51. The summed E-state index contributed by atoms with van der Waals surface area (Å²) in [4.78, 5) is 10.5. The van der Waals surface area contributed by atoms with E-state index in [2.05, 4.69) is 13.0 Å². The van der Waals surface area contributed by atoms with E-state index in [9.17, 15) is 4.79 Å². The van der Waals surface area contributed by atoms with Crippen LogP contribution in [0, 0.1) is 11.8 Å². The van der Waals surface area contributed by atoms with Crippen molar-refractivity contribution in [3.63, 3.8) is 0 Å². The number of ether oxygens (including phenoxy) is 2. The molecule has 0 bridgehead atoms. The number of carbonyl (C=O) groups is 1. The summed E-state index contributed by atoms with van der Waals surface area (Å²) in [5, 5.41) is 0. The Balaban J connectivity index is 0.000000300. The van der Waals surface area contributed by atoms with Crippen LogP contribution >= 0.6 is 0 Å². The Morgan fingerprint density at radius 3 is 2.58 bits per heavy atom. The molecule has 0 spiro atoms. The minimum absolute atomic E-state index is 0.212. The lowest BCUT2D eigenvalue weighted by Gasteiger charge is -2.22. The Kier molecular flexibility index (Phi) is 8.76. The van der Waals surface area contributed by atoms with E-state index in [0.29, 0.717) is 6.79 Å². The smallest absolute Gasteiger partial charge is 0.146 e. The molecule has 3 nitrogen and oxygen atoms in total. The predicted molar refractivity (Wildman–Crippen MR) is 76.9 cm³/mol. The zero-order valence-corrected chi connectivity index (χ0v) is 12.4. The molecule has 3 heteroatoms. The van der Waals surface area contributed by atoms with E-state index in [0.717, 1.165) is 31.8 Å². The summed E-state index contributed by atoms with van der Waals surface area (Å²) >= 11 is 0. The van der Waals surface area contributed by atoms with Gasteiger partial charge in [-0.1, -0.05) is 38.3 Å². The van der Waals surface area contributed by atoms with E-state index in [1.807, 2.05) is 6.92 Å². The Hall–Kier alpha value is -0.670. The molecule has 2 unspecified atom stereocenters. The third-order valence-corrected chi connectivity index (χ3v) is 3.67. The Bertz CT molecular complexity index is 262. The summed E-state index contributed by atoms with van der Waals surface area (Å²) in [7, 11) is 0. The highest BCUT2D eigenvalue weighted by Gasteiger charge is 2.14. The van der Waals surface area contributed by atoms with E-state index in [1.54, 1.807) is 0 Å². The van der Waals surface area contributed by atoms with Gasteiger partial charge in [-0.3, -0.25) is 0 Å². The first-order valence-corrected chi connectivity index (χ1v) is 7.55. The van der Waals surface area contributed by atoms with Gasteiger partial charge in [-0.25, -0.2) is 0 Å². The largest absolute Gasteiger partial charge is 0.353 e. The van der Waals surface area contributed by atoms with Crippen molar-refractivity contribution in [3.05, 3.63) is 11.6 Å². The molecule has 19 heavy (non-hydrogen) atoms. The summed E-state index contributed by atoms with van der Waals surface area (Å²) in [6.07, 6.45) is 10.9. The molecule has 0 aromatic heterocycles. The van der Waals surface area contributed by atoms with E-state index in [-0.39, 0.29) is 5.92 Å². The maximum Gasteiger partial charge on any atom is 0.146 e. The van der Waals surface area contributed by atoms with E-state index < -0.39 is 0 Å². The average Bonchev–Trinajstić information content (AvgIpc) is 3.00. The van der Waals surface area contributed by atoms with Crippen molar-refractivity contribution >= 4 is 6.29 Å². The van der Waals surface area contributed by atoms with Gasteiger partial charge in [0.1, 0.15) is 13.1 Å². The fourth-order valence-electron chi connectivity index (χ4n) is 2.55. The van der Waals surface area contributed by atoms with Gasteiger partial charge in [-0.2, -0.15) is 0 Å². The first-order valence-electron chi connectivity index (χ1n) is 7.55. The van der Waals surface area contributed by atoms with Gasteiger partial charge in [0.25, 0.3) is 0 Å². The summed E-state index contributed by atoms with van der Waals surface area (Å²) in [6.45, 7) is 6.32. The maximum absolute atomic E-state index is 10.5. The minimum atomic E-state index is 0.212. The fourth-order valence-corrected chi connectivity index (χ4v) is 2.55. The first kappa shape index (κ1) is 16.4. The van der Waals surface area contributed by atoms with Gasteiger partial charge in [0.05, 0.1) is 13.2 Å². The first-order chi connectivity index (χ1) is 9.26. The molecule has 0 saturated carbocycles. The molecule has 0 amide bonds. The van der Waals surface area contributed by atoms with Crippen molar-refractivity contribution in [1.82, 2.24) is 0 Å². The van der Waals surface area contributed by atoms with Crippen molar-refractivity contribution in [2.24, 2.45) is 11.8 Å². The van der Waals surface area contributed by atoms with Crippen LogP contribution in [0.4, 0.5) is 0 Å². The molecule has 1 aliphatic heterocycles. The number of aldehydes is 1. The molecule has 2 aliphatic rings. The van der Waals surface area contributed by atoms with Crippen molar-refractivity contribution in [3.8, 4) is 0 Å². The molecule has 1 fully saturated rings. The maximum atomic E-state index is 10.5. The minimum Gasteiger partial charge on any atom is -0.353 e. The van der Waals surface area contributed by atoms with Crippen LogP contribution in [0.1, 0.15) is 52.4 Å². The monoisotopic (exact) mass is 268 g/mol. The van der Waals surface area contributed by atoms with Crippen LogP contribution in [0.2, 0.25) is 0 Å². The molecule has 1 saturated heterocycles. The second kappa shape index (κ2) is 10.2.